The SMILES string of the molecule is Cc1cc2c(cc1CN1C[C@H]3CCCN3C[C@@H]1CCO)OCO2. The second-order valence-electron chi connectivity index (χ2n) is 7.02. The molecule has 0 bridgehead atoms. The number of rotatable bonds is 4. The molecule has 1 aromatic rings. The third-order valence-corrected chi connectivity index (χ3v) is 5.57. The van der Waals surface area contributed by atoms with Crippen LogP contribution in [0.15, 0.2) is 12.1 Å². The van der Waals surface area contributed by atoms with Crippen molar-refractivity contribution in [2.45, 2.75) is 44.8 Å². The van der Waals surface area contributed by atoms with Crippen molar-refractivity contribution in [1.29, 1.82) is 0 Å². The molecule has 0 amide bonds. The van der Waals surface area contributed by atoms with Gasteiger partial charge < -0.3 is 14.6 Å². The Labute approximate surface area is 137 Å². The molecule has 4 rings (SSSR count). The molecule has 0 unspecified atom stereocenters. The monoisotopic (exact) mass is 318 g/mol. The second-order valence-corrected chi connectivity index (χ2v) is 7.02. The Hall–Kier alpha value is -1.30. The Bertz CT molecular complexity index is 578. The van der Waals surface area contributed by atoms with Crippen LogP contribution in [0.25, 0.3) is 0 Å². The Morgan fingerprint density at radius 1 is 1.22 bits per heavy atom. The van der Waals surface area contributed by atoms with E-state index in [1.807, 2.05) is 0 Å². The highest BCUT2D eigenvalue weighted by Gasteiger charge is 2.36. The highest BCUT2D eigenvalue weighted by Crippen LogP contribution is 2.36. The van der Waals surface area contributed by atoms with Crippen LogP contribution in [0.4, 0.5) is 0 Å². The van der Waals surface area contributed by atoms with Crippen LogP contribution in [0.3, 0.4) is 0 Å². The molecule has 0 aliphatic carbocycles. The molecule has 2 saturated heterocycles. The molecule has 1 aromatic carbocycles. The average Bonchev–Trinajstić information content (AvgIpc) is 3.16. The molecule has 23 heavy (non-hydrogen) atoms. The summed E-state index contributed by atoms with van der Waals surface area (Å²) in [4.78, 5) is 5.18. The van der Waals surface area contributed by atoms with Gasteiger partial charge in [0.25, 0.3) is 0 Å². The molecule has 0 spiro atoms. The zero-order chi connectivity index (χ0) is 15.8. The van der Waals surface area contributed by atoms with Crippen molar-refractivity contribution in [2.24, 2.45) is 0 Å². The van der Waals surface area contributed by atoms with Crippen LogP contribution in [-0.4, -0.2) is 60.0 Å². The maximum Gasteiger partial charge on any atom is 0.231 e. The standard InChI is InChI=1S/C18H26N2O3/c1-13-7-17-18(23-12-22-17)8-14(13)9-20-11-15-3-2-5-19(15)10-16(20)4-6-21/h7-8,15-16,21H,2-6,9-12H2,1H3/t15-,16+/m1/s1. The number of aliphatic hydroxyl groups excluding tert-OH is 1. The predicted octanol–water partition coefficient (Wildman–Crippen LogP) is 1.75. The fourth-order valence-electron chi connectivity index (χ4n) is 4.24. The van der Waals surface area contributed by atoms with Crippen LogP contribution in [-0.2, 0) is 6.54 Å². The van der Waals surface area contributed by atoms with Gasteiger partial charge in [-0.1, -0.05) is 0 Å². The fraction of sp³-hybridized carbons (Fsp3) is 0.667. The second kappa shape index (κ2) is 6.30. The lowest BCUT2D eigenvalue weighted by Crippen LogP contribution is -2.55. The van der Waals surface area contributed by atoms with Crippen molar-refractivity contribution in [2.75, 3.05) is 33.0 Å². The van der Waals surface area contributed by atoms with Crippen molar-refractivity contribution in [3.05, 3.63) is 23.3 Å². The number of hydrogen-bond acceptors (Lipinski definition) is 5. The van der Waals surface area contributed by atoms with E-state index in [1.54, 1.807) is 0 Å². The molecular formula is C18H26N2O3. The van der Waals surface area contributed by atoms with Gasteiger partial charge >= 0.3 is 0 Å². The summed E-state index contributed by atoms with van der Waals surface area (Å²) in [5.41, 5.74) is 2.56. The Balaban J connectivity index is 1.54. The molecule has 0 aromatic heterocycles. The van der Waals surface area contributed by atoms with Crippen molar-refractivity contribution in [3.8, 4) is 11.5 Å². The van der Waals surface area contributed by atoms with Gasteiger partial charge in [-0.15, -0.1) is 0 Å². The van der Waals surface area contributed by atoms with E-state index in [2.05, 4.69) is 28.9 Å². The van der Waals surface area contributed by atoms with E-state index < -0.39 is 0 Å². The zero-order valence-corrected chi connectivity index (χ0v) is 13.8. The summed E-state index contributed by atoms with van der Waals surface area (Å²) in [5.74, 6) is 1.72. The number of ether oxygens (including phenoxy) is 2. The van der Waals surface area contributed by atoms with E-state index in [0.29, 0.717) is 18.9 Å². The van der Waals surface area contributed by atoms with Crippen LogP contribution in [0, 0.1) is 6.92 Å². The minimum Gasteiger partial charge on any atom is -0.454 e. The molecule has 126 valence electrons. The van der Waals surface area contributed by atoms with Crippen molar-refractivity contribution < 1.29 is 14.6 Å². The molecule has 2 fully saturated rings. The van der Waals surface area contributed by atoms with E-state index >= 15 is 0 Å². The first-order chi connectivity index (χ1) is 11.2. The van der Waals surface area contributed by atoms with Crippen molar-refractivity contribution in [1.82, 2.24) is 9.80 Å². The first-order valence-corrected chi connectivity index (χ1v) is 8.72. The van der Waals surface area contributed by atoms with Gasteiger partial charge in [0.15, 0.2) is 11.5 Å². The van der Waals surface area contributed by atoms with Gasteiger partial charge in [-0.2, -0.15) is 0 Å². The lowest BCUT2D eigenvalue weighted by molar-refractivity contribution is 0.0332. The summed E-state index contributed by atoms with van der Waals surface area (Å²) < 4.78 is 11.0. The number of nitrogens with zero attached hydrogens (tertiary/aromatic N) is 2. The molecule has 1 N–H and O–H groups in total. The van der Waals surface area contributed by atoms with Crippen LogP contribution in [0.2, 0.25) is 0 Å². The number of benzene rings is 1. The van der Waals surface area contributed by atoms with Gasteiger partial charge in [0.1, 0.15) is 0 Å². The van der Waals surface area contributed by atoms with E-state index in [1.165, 1.54) is 30.5 Å². The smallest absolute Gasteiger partial charge is 0.231 e. The van der Waals surface area contributed by atoms with Gasteiger partial charge in [0.05, 0.1) is 0 Å². The van der Waals surface area contributed by atoms with E-state index in [-0.39, 0.29) is 6.61 Å². The Morgan fingerprint density at radius 2 is 2.04 bits per heavy atom. The lowest BCUT2D eigenvalue weighted by atomic mass is 10.0. The Kier molecular flexibility index (Phi) is 4.18. The first-order valence-electron chi connectivity index (χ1n) is 8.72. The van der Waals surface area contributed by atoms with E-state index in [0.717, 1.165) is 37.6 Å². The maximum atomic E-state index is 9.44. The van der Waals surface area contributed by atoms with Crippen LogP contribution < -0.4 is 9.47 Å². The Morgan fingerprint density at radius 3 is 2.87 bits per heavy atom. The summed E-state index contributed by atoms with van der Waals surface area (Å²) in [6.07, 6.45) is 3.47. The lowest BCUT2D eigenvalue weighted by Gasteiger charge is -2.44. The number of piperazine rings is 1. The molecule has 0 saturated carbocycles. The number of aryl methyl sites for hydroxylation is 1. The largest absolute Gasteiger partial charge is 0.454 e. The molecule has 0 radical (unpaired) electrons. The van der Waals surface area contributed by atoms with Crippen LogP contribution in [0.1, 0.15) is 30.4 Å². The normalized spacial score (nSPS) is 27.4. The minimum absolute atomic E-state index is 0.264. The van der Waals surface area contributed by atoms with E-state index in [4.69, 9.17) is 9.47 Å². The molecular weight excluding hydrogens is 292 g/mol. The quantitative estimate of drug-likeness (QED) is 0.916. The van der Waals surface area contributed by atoms with Crippen LogP contribution >= 0.6 is 0 Å². The number of aliphatic hydroxyl groups is 1. The fourth-order valence-corrected chi connectivity index (χ4v) is 4.24. The predicted molar refractivity (Wildman–Crippen MR) is 87.8 cm³/mol. The minimum atomic E-state index is 0.264. The summed E-state index contributed by atoms with van der Waals surface area (Å²) in [5, 5.41) is 9.44. The third kappa shape index (κ3) is 2.93. The van der Waals surface area contributed by atoms with Gasteiger partial charge in [-0.05, 0) is 56.0 Å². The molecule has 2 atom stereocenters. The first kappa shape index (κ1) is 15.2. The number of fused-ring (bicyclic) bond motifs is 2. The highest BCUT2D eigenvalue weighted by atomic mass is 16.7. The average molecular weight is 318 g/mol. The molecule has 3 aliphatic heterocycles. The topological polar surface area (TPSA) is 45.2 Å². The summed E-state index contributed by atoms with van der Waals surface area (Å²) >= 11 is 0. The molecule has 5 nitrogen and oxygen atoms in total. The van der Waals surface area contributed by atoms with Crippen molar-refractivity contribution in [3.63, 3.8) is 0 Å². The molecule has 3 heterocycles. The summed E-state index contributed by atoms with van der Waals surface area (Å²) in [7, 11) is 0. The summed E-state index contributed by atoms with van der Waals surface area (Å²) in [6, 6.07) is 5.36. The third-order valence-electron chi connectivity index (χ3n) is 5.57. The highest BCUT2D eigenvalue weighted by molar-refractivity contribution is 5.48. The van der Waals surface area contributed by atoms with Gasteiger partial charge in [0.2, 0.25) is 6.79 Å². The van der Waals surface area contributed by atoms with Gasteiger partial charge in [-0.25, -0.2) is 0 Å². The van der Waals surface area contributed by atoms with Gasteiger partial charge in [-0.3, -0.25) is 9.80 Å². The zero-order valence-electron chi connectivity index (χ0n) is 13.8. The molecule has 5 heteroatoms. The van der Waals surface area contributed by atoms with Gasteiger partial charge in [0, 0.05) is 38.3 Å². The summed E-state index contributed by atoms with van der Waals surface area (Å²) in [6.45, 7) is 7.09. The van der Waals surface area contributed by atoms with Crippen LogP contribution in [0.5, 0.6) is 11.5 Å². The van der Waals surface area contributed by atoms with Crippen molar-refractivity contribution >= 4 is 0 Å². The molecule has 3 aliphatic rings. The maximum absolute atomic E-state index is 9.44. The van der Waals surface area contributed by atoms with E-state index in [9.17, 15) is 5.11 Å². The number of hydrogen-bond donors (Lipinski definition) is 1.